The van der Waals surface area contributed by atoms with Gasteiger partial charge in [-0.15, -0.1) is 11.3 Å². The number of likely N-dealkylation sites (tertiary alicyclic amines) is 1. The first-order valence-corrected chi connectivity index (χ1v) is 11.2. The number of hydrogen-bond donors (Lipinski definition) is 1. The third-order valence-electron chi connectivity index (χ3n) is 5.76. The van der Waals surface area contributed by atoms with Gasteiger partial charge in [0.05, 0.1) is 25.7 Å². The SMILES string of the molecule is CCOc1cc(C(c2cc3ccccc3s2)N2CCC(C(=O)O)CC2)ccc1OC. The van der Waals surface area contributed by atoms with Crippen LogP contribution in [0.5, 0.6) is 11.5 Å². The minimum atomic E-state index is -0.684. The van der Waals surface area contributed by atoms with Crippen molar-refractivity contribution in [3.63, 3.8) is 0 Å². The molecule has 30 heavy (non-hydrogen) atoms. The van der Waals surface area contributed by atoms with Crippen molar-refractivity contribution in [3.8, 4) is 11.5 Å². The van der Waals surface area contributed by atoms with E-state index >= 15 is 0 Å². The predicted molar refractivity (Wildman–Crippen MR) is 120 cm³/mol. The van der Waals surface area contributed by atoms with E-state index in [0.29, 0.717) is 19.4 Å². The molecule has 0 spiro atoms. The summed E-state index contributed by atoms with van der Waals surface area (Å²) >= 11 is 1.80. The van der Waals surface area contributed by atoms with E-state index in [4.69, 9.17) is 9.47 Å². The highest BCUT2D eigenvalue weighted by Gasteiger charge is 2.31. The van der Waals surface area contributed by atoms with Crippen LogP contribution in [0.1, 0.15) is 36.2 Å². The van der Waals surface area contributed by atoms with Crippen LogP contribution in [0.25, 0.3) is 10.1 Å². The van der Waals surface area contributed by atoms with Crippen LogP contribution in [-0.4, -0.2) is 42.8 Å². The fraction of sp³-hybridized carbons (Fsp3) is 0.375. The molecule has 1 atom stereocenters. The molecule has 3 aromatic rings. The lowest BCUT2D eigenvalue weighted by atomic mass is 9.93. The number of aliphatic carboxylic acids is 1. The summed E-state index contributed by atoms with van der Waals surface area (Å²) in [4.78, 5) is 15.1. The molecule has 2 aromatic carbocycles. The van der Waals surface area contributed by atoms with Crippen molar-refractivity contribution in [2.45, 2.75) is 25.8 Å². The Hall–Kier alpha value is -2.57. The average Bonchev–Trinajstić information content (AvgIpc) is 3.18. The van der Waals surface area contributed by atoms with E-state index in [2.05, 4.69) is 47.4 Å². The Morgan fingerprint density at radius 3 is 2.60 bits per heavy atom. The van der Waals surface area contributed by atoms with Gasteiger partial charge in [-0.25, -0.2) is 0 Å². The molecule has 6 heteroatoms. The summed E-state index contributed by atoms with van der Waals surface area (Å²) in [6, 6.07) is 16.9. The zero-order valence-electron chi connectivity index (χ0n) is 17.3. The van der Waals surface area contributed by atoms with Gasteiger partial charge in [0.15, 0.2) is 11.5 Å². The predicted octanol–water partition coefficient (Wildman–Crippen LogP) is 5.19. The number of methoxy groups -OCH3 is 1. The van der Waals surface area contributed by atoms with Gasteiger partial charge in [-0.3, -0.25) is 9.69 Å². The van der Waals surface area contributed by atoms with Crippen LogP contribution in [0.15, 0.2) is 48.5 Å². The fourth-order valence-corrected chi connectivity index (χ4v) is 5.46. The Bertz CT molecular complexity index is 990. The fourth-order valence-electron chi connectivity index (χ4n) is 4.23. The topological polar surface area (TPSA) is 59.0 Å². The monoisotopic (exact) mass is 425 g/mol. The van der Waals surface area contributed by atoms with E-state index < -0.39 is 5.97 Å². The van der Waals surface area contributed by atoms with Crippen molar-refractivity contribution in [3.05, 3.63) is 59.0 Å². The second-order valence-corrected chi connectivity index (χ2v) is 8.70. The first-order chi connectivity index (χ1) is 14.6. The highest BCUT2D eigenvalue weighted by Crippen LogP contribution is 2.41. The molecule has 4 rings (SSSR count). The highest BCUT2D eigenvalue weighted by atomic mass is 32.1. The molecule has 0 radical (unpaired) electrons. The van der Waals surface area contributed by atoms with Crippen LogP contribution in [0.2, 0.25) is 0 Å². The van der Waals surface area contributed by atoms with E-state index in [-0.39, 0.29) is 12.0 Å². The first kappa shape index (κ1) is 20.7. The number of carboxylic acids is 1. The first-order valence-electron chi connectivity index (χ1n) is 10.4. The summed E-state index contributed by atoms with van der Waals surface area (Å²) in [5.41, 5.74) is 1.14. The van der Waals surface area contributed by atoms with Gasteiger partial charge in [0.2, 0.25) is 0 Å². The molecule has 0 amide bonds. The smallest absolute Gasteiger partial charge is 0.306 e. The zero-order chi connectivity index (χ0) is 21.1. The number of carbonyl (C=O) groups is 1. The second-order valence-electron chi connectivity index (χ2n) is 7.58. The van der Waals surface area contributed by atoms with Gasteiger partial charge >= 0.3 is 5.97 Å². The highest BCUT2D eigenvalue weighted by molar-refractivity contribution is 7.19. The molecule has 1 aliphatic heterocycles. The molecular weight excluding hydrogens is 398 g/mol. The van der Waals surface area contributed by atoms with Crippen LogP contribution < -0.4 is 9.47 Å². The van der Waals surface area contributed by atoms with E-state index in [1.165, 1.54) is 15.0 Å². The number of benzene rings is 2. The molecule has 1 saturated heterocycles. The van der Waals surface area contributed by atoms with Gasteiger partial charge in [0.1, 0.15) is 0 Å². The number of fused-ring (bicyclic) bond motifs is 1. The van der Waals surface area contributed by atoms with Crippen molar-refractivity contribution in [2.75, 3.05) is 26.8 Å². The molecule has 1 unspecified atom stereocenters. The number of carboxylic acid groups (broad SMARTS) is 1. The normalized spacial score (nSPS) is 16.5. The standard InChI is InChI=1S/C24H27NO4S/c1-3-29-20-14-18(8-9-19(20)28-2)23(25-12-10-16(11-13-25)24(26)27)22-15-17-6-4-5-7-21(17)30-22/h4-9,14-16,23H,3,10-13H2,1-2H3,(H,26,27). The average molecular weight is 426 g/mol. The van der Waals surface area contributed by atoms with Gasteiger partial charge in [-0.1, -0.05) is 24.3 Å². The van der Waals surface area contributed by atoms with Crippen molar-refractivity contribution in [2.24, 2.45) is 5.92 Å². The van der Waals surface area contributed by atoms with Crippen molar-refractivity contribution < 1.29 is 19.4 Å². The van der Waals surface area contributed by atoms with Crippen LogP contribution in [0.4, 0.5) is 0 Å². The quantitative estimate of drug-likeness (QED) is 0.564. The maximum atomic E-state index is 11.4. The van der Waals surface area contributed by atoms with Gasteiger partial charge in [0, 0.05) is 9.58 Å². The third-order valence-corrected chi connectivity index (χ3v) is 6.93. The van der Waals surface area contributed by atoms with E-state index in [0.717, 1.165) is 30.2 Å². The van der Waals surface area contributed by atoms with Crippen LogP contribution in [0.3, 0.4) is 0 Å². The molecule has 1 N–H and O–H groups in total. The Labute approximate surface area is 180 Å². The zero-order valence-corrected chi connectivity index (χ0v) is 18.2. The van der Waals surface area contributed by atoms with Crippen molar-refractivity contribution in [1.82, 2.24) is 4.90 Å². The summed E-state index contributed by atoms with van der Waals surface area (Å²) in [7, 11) is 1.65. The summed E-state index contributed by atoms with van der Waals surface area (Å²) < 4.78 is 12.6. The lowest BCUT2D eigenvalue weighted by molar-refractivity contribution is -0.143. The van der Waals surface area contributed by atoms with E-state index in [9.17, 15) is 9.90 Å². The van der Waals surface area contributed by atoms with Gasteiger partial charge in [-0.2, -0.15) is 0 Å². The summed E-state index contributed by atoms with van der Waals surface area (Å²) in [6.45, 7) is 4.04. The van der Waals surface area contributed by atoms with Gasteiger partial charge in [-0.05, 0) is 68.1 Å². The third kappa shape index (κ3) is 4.16. The Kier molecular flexibility index (Phi) is 6.25. The molecular formula is C24H27NO4S. The van der Waals surface area contributed by atoms with Gasteiger partial charge in [0.25, 0.3) is 0 Å². The molecule has 1 fully saturated rings. The molecule has 0 aliphatic carbocycles. The van der Waals surface area contributed by atoms with Crippen LogP contribution >= 0.6 is 11.3 Å². The second kappa shape index (κ2) is 9.06. The molecule has 1 aliphatic rings. The Morgan fingerprint density at radius 1 is 1.17 bits per heavy atom. The molecule has 1 aromatic heterocycles. The Morgan fingerprint density at radius 2 is 1.93 bits per heavy atom. The molecule has 5 nitrogen and oxygen atoms in total. The van der Waals surface area contributed by atoms with Gasteiger partial charge < -0.3 is 14.6 Å². The van der Waals surface area contributed by atoms with Crippen molar-refractivity contribution >= 4 is 27.4 Å². The van der Waals surface area contributed by atoms with E-state index in [1.54, 1.807) is 18.4 Å². The Balaban J connectivity index is 1.74. The maximum Gasteiger partial charge on any atom is 0.306 e. The summed E-state index contributed by atoms with van der Waals surface area (Å²) in [5, 5.41) is 10.6. The molecule has 2 heterocycles. The molecule has 0 bridgehead atoms. The van der Waals surface area contributed by atoms with Crippen molar-refractivity contribution in [1.29, 1.82) is 0 Å². The van der Waals surface area contributed by atoms with Crippen LogP contribution in [-0.2, 0) is 4.79 Å². The minimum absolute atomic E-state index is 0.0576. The molecule has 0 saturated carbocycles. The maximum absolute atomic E-state index is 11.4. The lowest BCUT2D eigenvalue weighted by Crippen LogP contribution is -2.39. The molecule has 158 valence electrons. The largest absolute Gasteiger partial charge is 0.493 e. The number of piperidine rings is 1. The summed E-state index contributed by atoms with van der Waals surface area (Å²) in [6.07, 6.45) is 1.34. The number of ether oxygens (including phenoxy) is 2. The number of rotatable bonds is 7. The lowest BCUT2D eigenvalue weighted by Gasteiger charge is -2.36. The number of thiophene rings is 1. The minimum Gasteiger partial charge on any atom is -0.493 e. The van der Waals surface area contributed by atoms with Crippen LogP contribution in [0, 0.1) is 5.92 Å². The van der Waals surface area contributed by atoms with E-state index in [1.807, 2.05) is 13.0 Å². The number of hydrogen-bond acceptors (Lipinski definition) is 5. The number of nitrogens with zero attached hydrogens (tertiary/aromatic N) is 1. The summed E-state index contributed by atoms with van der Waals surface area (Å²) in [5.74, 6) is 0.527.